The van der Waals surface area contributed by atoms with Gasteiger partial charge in [0.1, 0.15) is 0 Å². The van der Waals surface area contributed by atoms with Crippen LogP contribution in [0.25, 0.3) is 4.85 Å². The molecule has 0 aliphatic heterocycles. The number of rotatable bonds is 0. The molecule has 50 valence electrons. The lowest BCUT2D eigenvalue weighted by molar-refractivity contribution is 1.30. The highest BCUT2D eigenvalue weighted by Gasteiger charge is 2.01. The molecule has 0 N–H and O–H groups in total. The van der Waals surface area contributed by atoms with E-state index < -0.39 is 0 Å². The summed E-state index contributed by atoms with van der Waals surface area (Å²) in [5, 5.41) is 0.521. The van der Waals surface area contributed by atoms with E-state index in [1.54, 1.807) is 12.1 Å². The molecule has 2 nitrogen and oxygen atoms in total. The molecule has 10 heavy (non-hydrogen) atoms. The topological polar surface area (TPSA) is 17.2 Å². The molecule has 0 bridgehead atoms. The van der Waals surface area contributed by atoms with Crippen LogP contribution < -0.4 is 0 Å². The Kier molecular flexibility index (Phi) is 2.25. The highest BCUT2D eigenvalue weighted by molar-refractivity contribution is 9.10. The SMILES string of the molecule is [C-]#[N+]c1ccc(Cl)c(Br)n1. The first kappa shape index (κ1) is 7.52. The van der Waals surface area contributed by atoms with E-state index in [9.17, 15) is 0 Å². The van der Waals surface area contributed by atoms with Gasteiger partial charge in [-0.25, -0.2) is 0 Å². The predicted octanol–water partition coefficient (Wildman–Crippen LogP) is 3.05. The van der Waals surface area contributed by atoms with Gasteiger partial charge in [-0.3, -0.25) is 0 Å². The van der Waals surface area contributed by atoms with Gasteiger partial charge in [0.2, 0.25) is 4.60 Å². The van der Waals surface area contributed by atoms with Crippen molar-refractivity contribution in [3.8, 4) is 0 Å². The van der Waals surface area contributed by atoms with Gasteiger partial charge in [-0.1, -0.05) is 18.2 Å². The van der Waals surface area contributed by atoms with Crippen LogP contribution in [0, 0.1) is 6.57 Å². The van der Waals surface area contributed by atoms with Gasteiger partial charge in [-0.05, 0) is 12.1 Å². The minimum atomic E-state index is 0.344. The molecule has 1 aromatic heterocycles. The molecule has 0 radical (unpaired) electrons. The molecule has 0 atom stereocenters. The molecule has 0 saturated heterocycles. The molecule has 0 aliphatic carbocycles. The van der Waals surface area contributed by atoms with E-state index in [4.69, 9.17) is 18.2 Å². The first-order valence-electron chi connectivity index (χ1n) is 2.43. The van der Waals surface area contributed by atoms with Crippen molar-refractivity contribution in [2.24, 2.45) is 0 Å². The zero-order valence-corrected chi connectivity index (χ0v) is 7.15. The van der Waals surface area contributed by atoms with Gasteiger partial charge in [0.15, 0.2) is 0 Å². The van der Waals surface area contributed by atoms with Crippen molar-refractivity contribution in [2.75, 3.05) is 0 Å². The average Bonchev–Trinajstić information content (AvgIpc) is 1.95. The molecular weight excluding hydrogens is 215 g/mol. The fourth-order valence-electron chi connectivity index (χ4n) is 0.470. The Morgan fingerprint density at radius 1 is 1.60 bits per heavy atom. The first-order chi connectivity index (χ1) is 4.74. The summed E-state index contributed by atoms with van der Waals surface area (Å²) in [5.74, 6) is 0.344. The Balaban J connectivity index is 3.20. The van der Waals surface area contributed by atoms with Crippen LogP contribution in [0.4, 0.5) is 5.82 Å². The molecule has 0 aliphatic rings. The van der Waals surface area contributed by atoms with Crippen molar-refractivity contribution >= 4 is 33.3 Å². The highest BCUT2D eigenvalue weighted by atomic mass is 79.9. The first-order valence-corrected chi connectivity index (χ1v) is 3.60. The fourth-order valence-corrected chi connectivity index (χ4v) is 0.889. The summed E-state index contributed by atoms with van der Waals surface area (Å²) in [4.78, 5) is 6.94. The number of hydrogen-bond donors (Lipinski definition) is 0. The summed E-state index contributed by atoms with van der Waals surface area (Å²) >= 11 is 8.73. The summed E-state index contributed by atoms with van der Waals surface area (Å²) in [7, 11) is 0. The number of aromatic nitrogens is 1. The lowest BCUT2D eigenvalue weighted by Gasteiger charge is -1.89. The fraction of sp³-hybridized carbons (Fsp3) is 0. The number of hydrogen-bond acceptors (Lipinski definition) is 1. The third-order valence-corrected chi connectivity index (χ3v) is 2.04. The van der Waals surface area contributed by atoms with Crippen LogP contribution in [0.15, 0.2) is 16.7 Å². The van der Waals surface area contributed by atoms with Crippen LogP contribution >= 0.6 is 27.5 Å². The Bertz CT molecular complexity index is 292. The van der Waals surface area contributed by atoms with Crippen LogP contribution in [0.2, 0.25) is 5.02 Å². The van der Waals surface area contributed by atoms with E-state index in [-0.39, 0.29) is 0 Å². The molecule has 0 fully saturated rings. The van der Waals surface area contributed by atoms with Crippen LogP contribution in [-0.4, -0.2) is 4.98 Å². The lowest BCUT2D eigenvalue weighted by Crippen LogP contribution is -1.74. The largest absolute Gasteiger partial charge is 0.361 e. The zero-order valence-electron chi connectivity index (χ0n) is 4.81. The van der Waals surface area contributed by atoms with Gasteiger partial charge in [0, 0.05) is 15.9 Å². The van der Waals surface area contributed by atoms with Crippen molar-refractivity contribution in [1.82, 2.24) is 4.98 Å². The third kappa shape index (κ3) is 1.47. The molecule has 0 spiro atoms. The number of halogens is 2. The molecule has 0 aromatic carbocycles. The molecular formula is C6H2BrClN2. The van der Waals surface area contributed by atoms with Crippen molar-refractivity contribution in [3.63, 3.8) is 0 Å². The van der Waals surface area contributed by atoms with Crippen LogP contribution in [-0.2, 0) is 0 Å². The summed E-state index contributed by atoms with van der Waals surface area (Å²) in [5.41, 5.74) is 0. The Morgan fingerprint density at radius 2 is 2.30 bits per heavy atom. The second kappa shape index (κ2) is 3.00. The molecule has 1 aromatic rings. The summed E-state index contributed by atoms with van der Waals surface area (Å²) < 4.78 is 0.516. The van der Waals surface area contributed by atoms with E-state index >= 15 is 0 Å². The molecule has 0 amide bonds. The van der Waals surface area contributed by atoms with Crippen molar-refractivity contribution in [1.29, 1.82) is 0 Å². The van der Waals surface area contributed by atoms with E-state index in [2.05, 4.69) is 25.8 Å². The normalized spacial score (nSPS) is 8.90. The minimum absolute atomic E-state index is 0.344. The van der Waals surface area contributed by atoms with Gasteiger partial charge in [0.25, 0.3) is 5.82 Å². The third-order valence-electron chi connectivity index (χ3n) is 0.903. The van der Waals surface area contributed by atoms with Gasteiger partial charge in [-0.15, -0.1) is 4.98 Å². The van der Waals surface area contributed by atoms with E-state index in [1.165, 1.54) is 0 Å². The van der Waals surface area contributed by atoms with Crippen LogP contribution in [0.3, 0.4) is 0 Å². The van der Waals surface area contributed by atoms with E-state index in [0.29, 0.717) is 15.4 Å². The Hall–Kier alpha value is -0.590. The summed E-state index contributed by atoms with van der Waals surface area (Å²) in [6.07, 6.45) is 0. The van der Waals surface area contributed by atoms with Crippen molar-refractivity contribution < 1.29 is 0 Å². The van der Waals surface area contributed by atoms with Crippen molar-refractivity contribution in [2.45, 2.75) is 0 Å². The van der Waals surface area contributed by atoms with Gasteiger partial charge in [0.05, 0.1) is 5.02 Å². The zero-order chi connectivity index (χ0) is 7.56. The molecule has 1 heterocycles. The second-order valence-electron chi connectivity index (χ2n) is 1.55. The minimum Gasteiger partial charge on any atom is -0.361 e. The van der Waals surface area contributed by atoms with E-state index in [0.717, 1.165) is 0 Å². The summed E-state index contributed by atoms with van der Waals surface area (Å²) in [6, 6.07) is 3.20. The molecule has 0 unspecified atom stereocenters. The predicted molar refractivity (Wildman–Crippen MR) is 43.2 cm³/mol. The number of pyridine rings is 1. The second-order valence-corrected chi connectivity index (χ2v) is 2.71. The molecule has 0 saturated carbocycles. The van der Waals surface area contributed by atoms with Crippen molar-refractivity contribution in [3.05, 3.63) is 33.2 Å². The van der Waals surface area contributed by atoms with Gasteiger partial charge in [-0.2, -0.15) is 0 Å². The maximum Gasteiger partial charge on any atom is 0.270 e. The standard InChI is InChI=1S/C6H2BrClN2/c1-9-5-3-2-4(8)6(7)10-5/h2-3H. The molecule has 4 heteroatoms. The summed E-state index contributed by atoms with van der Waals surface area (Å²) in [6.45, 7) is 6.61. The maximum absolute atomic E-state index is 6.61. The monoisotopic (exact) mass is 216 g/mol. The molecule has 1 rings (SSSR count). The van der Waals surface area contributed by atoms with Gasteiger partial charge < -0.3 is 4.85 Å². The Morgan fingerprint density at radius 3 is 2.80 bits per heavy atom. The van der Waals surface area contributed by atoms with Crippen LogP contribution in [0.1, 0.15) is 0 Å². The maximum atomic E-state index is 6.61. The highest BCUT2D eigenvalue weighted by Crippen LogP contribution is 2.22. The van der Waals surface area contributed by atoms with Crippen LogP contribution in [0.5, 0.6) is 0 Å². The number of nitrogens with zero attached hydrogens (tertiary/aromatic N) is 2. The van der Waals surface area contributed by atoms with E-state index in [1.807, 2.05) is 0 Å². The quantitative estimate of drug-likeness (QED) is 0.482. The average molecular weight is 217 g/mol. The Labute approximate surface area is 71.8 Å². The van der Waals surface area contributed by atoms with Gasteiger partial charge >= 0.3 is 0 Å². The smallest absolute Gasteiger partial charge is 0.270 e. The lowest BCUT2D eigenvalue weighted by atomic mass is 10.5.